The van der Waals surface area contributed by atoms with Crippen molar-refractivity contribution in [3.05, 3.63) is 65.2 Å². The van der Waals surface area contributed by atoms with Gasteiger partial charge in [0.05, 0.1) is 17.0 Å². The van der Waals surface area contributed by atoms with Crippen molar-refractivity contribution in [2.75, 3.05) is 19.7 Å². The third-order valence-corrected chi connectivity index (χ3v) is 8.25. The van der Waals surface area contributed by atoms with Crippen LogP contribution in [0.25, 0.3) is 0 Å². The second-order valence-corrected chi connectivity index (χ2v) is 10.4. The molecule has 1 amide bonds. The molecule has 166 valence electrons. The van der Waals surface area contributed by atoms with Crippen LogP contribution in [0.2, 0.25) is 5.02 Å². The zero-order valence-corrected chi connectivity index (χ0v) is 18.9. The summed E-state index contributed by atoms with van der Waals surface area (Å²) in [5.41, 5.74) is 0.935. The number of benzene rings is 2. The normalized spacial score (nSPS) is 22.4. The maximum absolute atomic E-state index is 13.6. The first-order valence-electron chi connectivity index (χ1n) is 10.7. The van der Waals surface area contributed by atoms with Crippen molar-refractivity contribution in [3.63, 3.8) is 0 Å². The number of sulfonamides is 1. The van der Waals surface area contributed by atoms with Gasteiger partial charge < -0.3 is 9.64 Å². The largest absolute Gasteiger partial charge is 0.448 e. The molecule has 0 aromatic heterocycles. The fourth-order valence-electron chi connectivity index (χ4n) is 4.43. The lowest BCUT2D eigenvalue weighted by molar-refractivity contribution is 0.0792. The van der Waals surface area contributed by atoms with Crippen molar-refractivity contribution < 1.29 is 17.9 Å². The molecule has 31 heavy (non-hydrogen) atoms. The van der Waals surface area contributed by atoms with Crippen LogP contribution in [0, 0.1) is 0 Å². The van der Waals surface area contributed by atoms with Gasteiger partial charge in [0.2, 0.25) is 10.0 Å². The molecule has 0 bridgehead atoms. The molecule has 0 N–H and O–H groups in total. The van der Waals surface area contributed by atoms with Gasteiger partial charge in [-0.25, -0.2) is 13.2 Å². The zero-order valence-electron chi connectivity index (χ0n) is 17.3. The highest BCUT2D eigenvalue weighted by molar-refractivity contribution is 7.89. The van der Waals surface area contributed by atoms with Crippen molar-refractivity contribution >= 4 is 27.7 Å². The summed E-state index contributed by atoms with van der Waals surface area (Å²) in [6.07, 6.45) is 4.02. The predicted molar refractivity (Wildman–Crippen MR) is 119 cm³/mol. The Balaban J connectivity index is 1.58. The number of nitrogens with zero attached hydrogens (tertiary/aromatic N) is 2. The number of hydrogen-bond acceptors (Lipinski definition) is 4. The lowest BCUT2D eigenvalue weighted by atomic mass is 10.1. The average molecular weight is 463 g/mol. The van der Waals surface area contributed by atoms with E-state index in [1.54, 1.807) is 17.0 Å². The van der Waals surface area contributed by atoms with Gasteiger partial charge in [-0.1, -0.05) is 41.9 Å². The third kappa shape index (κ3) is 4.89. The van der Waals surface area contributed by atoms with Crippen LogP contribution in [-0.4, -0.2) is 49.5 Å². The van der Waals surface area contributed by atoms with E-state index in [0.717, 1.165) is 24.8 Å². The Morgan fingerprint density at radius 3 is 2.32 bits per heavy atom. The van der Waals surface area contributed by atoms with Crippen LogP contribution < -0.4 is 0 Å². The molecule has 2 heterocycles. The first kappa shape index (κ1) is 22.1. The summed E-state index contributed by atoms with van der Waals surface area (Å²) in [5.74, 6) is 0. The Labute approximate surface area is 188 Å². The Hall–Kier alpha value is -2.09. The molecule has 2 aliphatic heterocycles. The van der Waals surface area contributed by atoms with Crippen molar-refractivity contribution in [1.29, 1.82) is 0 Å². The van der Waals surface area contributed by atoms with E-state index in [2.05, 4.69) is 0 Å². The highest BCUT2D eigenvalue weighted by Gasteiger charge is 2.43. The summed E-state index contributed by atoms with van der Waals surface area (Å²) in [6.45, 7) is 1.44. The van der Waals surface area contributed by atoms with Crippen molar-refractivity contribution in [1.82, 2.24) is 9.21 Å². The summed E-state index contributed by atoms with van der Waals surface area (Å²) >= 11 is 5.96. The molecule has 4 rings (SSSR count). The SMILES string of the molecule is O=C(OC[C@H]1CCC(c2ccccc2)N1S(=O)(=O)c1ccc(Cl)cc1)N1CCCCC1. The van der Waals surface area contributed by atoms with E-state index in [4.69, 9.17) is 16.3 Å². The summed E-state index contributed by atoms with van der Waals surface area (Å²) in [5, 5.41) is 0.479. The molecule has 0 aliphatic carbocycles. The number of likely N-dealkylation sites (tertiary alicyclic amines) is 1. The maximum Gasteiger partial charge on any atom is 0.409 e. The van der Waals surface area contributed by atoms with Gasteiger partial charge in [0, 0.05) is 18.1 Å². The Morgan fingerprint density at radius 2 is 1.65 bits per heavy atom. The molecular formula is C23H27ClN2O4S. The minimum absolute atomic E-state index is 0.0471. The second kappa shape index (κ2) is 9.59. The van der Waals surface area contributed by atoms with Gasteiger partial charge in [-0.3, -0.25) is 0 Å². The number of carbonyl (C=O) groups excluding carboxylic acids is 1. The van der Waals surface area contributed by atoms with Crippen LogP contribution in [0.3, 0.4) is 0 Å². The maximum atomic E-state index is 13.6. The van der Waals surface area contributed by atoms with Gasteiger partial charge in [-0.05, 0) is 61.9 Å². The molecule has 0 saturated carbocycles. The first-order valence-corrected chi connectivity index (χ1v) is 12.5. The van der Waals surface area contributed by atoms with E-state index in [1.807, 2.05) is 30.3 Å². The molecule has 1 unspecified atom stereocenters. The van der Waals surface area contributed by atoms with Gasteiger partial charge in [0.25, 0.3) is 0 Å². The lowest BCUT2D eigenvalue weighted by Crippen LogP contribution is -2.42. The number of rotatable bonds is 5. The minimum atomic E-state index is -3.80. The predicted octanol–water partition coefficient (Wildman–Crippen LogP) is 4.86. The molecule has 2 aliphatic rings. The number of ether oxygens (including phenoxy) is 1. The van der Waals surface area contributed by atoms with Gasteiger partial charge in [-0.2, -0.15) is 4.31 Å². The smallest absolute Gasteiger partial charge is 0.409 e. The van der Waals surface area contributed by atoms with Crippen molar-refractivity contribution in [2.45, 2.75) is 49.1 Å². The molecule has 8 heteroatoms. The summed E-state index contributed by atoms with van der Waals surface area (Å²) < 4.78 is 34.3. The zero-order chi connectivity index (χ0) is 21.8. The van der Waals surface area contributed by atoms with Crippen LogP contribution in [0.5, 0.6) is 0 Å². The molecular weight excluding hydrogens is 436 g/mol. The third-order valence-electron chi connectivity index (χ3n) is 6.03. The summed E-state index contributed by atoms with van der Waals surface area (Å²) in [4.78, 5) is 14.4. The number of piperidine rings is 1. The van der Waals surface area contributed by atoms with E-state index in [0.29, 0.717) is 31.0 Å². The molecule has 2 saturated heterocycles. The van der Waals surface area contributed by atoms with Crippen molar-refractivity contribution in [2.24, 2.45) is 0 Å². The highest BCUT2D eigenvalue weighted by Crippen LogP contribution is 2.40. The van der Waals surface area contributed by atoms with Crippen LogP contribution >= 0.6 is 11.6 Å². The molecule has 6 nitrogen and oxygen atoms in total. The number of hydrogen-bond donors (Lipinski definition) is 0. The Morgan fingerprint density at radius 1 is 0.968 bits per heavy atom. The van der Waals surface area contributed by atoms with Crippen molar-refractivity contribution in [3.8, 4) is 0 Å². The Bertz CT molecular complexity index is 992. The Kier molecular flexibility index (Phi) is 6.84. The molecule has 0 spiro atoms. The summed E-state index contributed by atoms with van der Waals surface area (Å²) in [7, 11) is -3.80. The quantitative estimate of drug-likeness (QED) is 0.636. The van der Waals surface area contributed by atoms with Gasteiger partial charge >= 0.3 is 6.09 Å². The van der Waals surface area contributed by atoms with Crippen LogP contribution in [0.4, 0.5) is 4.79 Å². The van der Waals surface area contributed by atoms with E-state index < -0.39 is 16.1 Å². The number of halogens is 1. The van der Waals surface area contributed by atoms with Crippen LogP contribution in [0.1, 0.15) is 43.7 Å². The molecule has 2 fully saturated rings. The topological polar surface area (TPSA) is 66.9 Å². The first-order chi connectivity index (χ1) is 15.0. The molecule has 2 aromatic carbocycles. The monoisotopic (exact) mass is 462 g/mol. The molecule has 2 atom stereocenters. The fraction of sp³-hybridized carbons (Fsp3) is 0.435. The van der Waals surface area contributed by atoms with E-state index in [9.17, 15) is 13.2 Å². The average Bonchev–Trinajstić information content (AvgIpc) is 3.24. The fourth-order valence-corrected chi connectivity index (χ4v) is 6.40. The number of amides is 1. The van der Waals surface area contributed by atoms with E-state index in [-0.39, 0.29) is 23.6 Å². The van der Waals surface area contributed by atoms with E-state index >= 15 is 0 Å². The lowest BCUT2D eigenvalue weighted by Gasteiger charge is -2.31. The molecule has 2 aromatic rings. The van der Waals surface area contributed by atoms with Gasteiger partial charge in [0.15, 0.2) is 0 Å². The van der Waals surface area contributed by atoms with Gasteiger partial charge in [0.1, 0.15) is 6.61 Å². The highest BCUT2D eigenvalue weighted by atomic mass is 35.5. The van der Waals surface area contributed by atoms with Gasteiger partial charge in [-0.15, -0.1) is 0 Å². The second-order valence-electron chi connectivity index (χ2n) is 8.07. The van der Waals surface area contributed by atoms with E-state index in [1.165, 1.54) is 16.4 Å². The molecule has 0 radical (unpaired) electrons. The van der Waals surface area contributed by atoms with Crippen LogP contribution in [-0.2, 0) is 14.8 Å². The minimum Gasteiger partial charge on any atom is -0.448 e. The number of carbonyl (C=O) groups is 1. The van der Waals surface area contributed by atoms with Crippen LogP contribution in [0.15, 0.2) is 59.5 Å². The standard InChI is InChI=1S/C23H27ClN2O4S/c24-19-9-12-21(13-10-19)31(28,29)26-20(11-14-22(26)18-7-3-1-4-8-18)17-30-23(27)25-15-5-2-6-16-25/h1,3-4,7-10,12-13,20,22H,2,5-6,11,14-17H2/t20-,22?/m1/s1. The summed E-state index contributed by atoms with van der Waals surface area (Å²) in [6, 6.07) is 15.1.